The first-order valence-corrected chi connectivity index (χ1v) is 6.42. The van der Waals surface area contributed by atoms with Crippen LogP contribution >= 0.6 is 22.9 Å². The average Bonchev–Trinajstić information content (AvgIpc) is 2.90. The highest BCUT2D eigenvalue weighted by Gasteiger charge is 2.12. The summed E-state index contributed by atoms with van der Waals surface area (Å²) in [6.45, 7) is 0. The molecule has 0 amide bonds. The van der Waals surface area contributed by atoms with Gasteiger partial charge in [-0.25, -0.2) is 0 Å². The summed E-state index contributed by atoms with van der Waals surface area (Å²) in [4.78, 5) is 0. The first kappa shape index (κ1) is 10.7. The predicted molar refractivity (Wildman–Crippen MR) is 62.6 cm³/mol. The molecule has 0 radical (unpaired) electrons. The topological polar surface area (TPSA) is 63.8 Å². The molecular formula is C9H12N4S2. The van der Waals surface area contributed by atoms with Gasteiger partial charge in [0.25, 0.3) is 0 Å². The molecule has 6 heteroatoms. The minimum absolute atomic E-state index is 0.101. The zero-order valence-corrected chi connectivity index (χ0v) is 9.72. The fourth-order valence-electron chi connectivity index (χ4n) is 1.39. The molecule has 2 heterocycles. The van der Waals surface area contributed by atoms with E-state index in [-0.39, 0.29) is 6.04 Å². The van der Waals surface area contributed by atoms with E-state index in [1.807, 2.05) is 5.38 Å². The molecule has 0 spiro atoms. The van der Waals surface area contributed by atoms with Crippen molar-refractivity contribution in [1.29, 1.82) is 0 Å². The molecule has 2 aromatic heterocycles. The zero-order valence-electron chi connectivity index (χ0n) is 8.09. The first-order chi connectivity index (χ1) is 7.40. The van der Waals surface area contributed by atoms with Crippen LogP contribution in [0.15, 0.2) is 22.2 Å². The van der Waals surface area contributed by atoms with Crippen molar-refractivity contribution in [1.82, 2.24) is 15.0 Å². The number of hydrazine groups is 1. The van der Waals surface area contributed by atoms with Gasteiger partial charge in [-0.05, 0) is 46.8 Å². The molecule has 1 unspecified atom stereocenters. The highest BCUT2D eigenvalue weighted by Crippen LogP contribution is 2.18. The number of nitrogens with zero attached hydrogens (tertiary/aromatic N) is 2. The van der Waals surface area contributed by atoms with Crippen LogP contribution in [0.2, 0.25) is 0 Å². The van der Waals surface area contributed by atoms with Gasteiger partial charge in [0.2, 0.25) is 0 Å². The van der Waals surface area contributed by atoms with Crippen molar-refractivity contribution in [2.24, 2.45) is 5.84 Å². The van der Waals surface area contributed by atoms with Crippen LogP contribution in [0.4, 0.5) is 0 Å². The number of thiophene rings is 1. The summed E-state index contributed by atoms with van der Waals surface area (Å²) in [5, 5.41) is 10.2. The van der Waals surface area contributed by atoms with Gasteiger partial charge in [0.1, 0.15) is 0 Å². The van der Waals surface area contributed by atoms with Gasteiger partial charge in [0.05, 0.1) is 11.7 Å². The molecule has 0 aliphatic rings. The smallest absolute Gasteiger partial charge is 0.0938 e. The number of nitrogens with two attached hydrogens (primary N) is 1. The number of hydrogen-bond donors (Lipinski definition) is 2. The van der Waals surface area contributed by atoms with E-state index in [2.05, 4.69) is 31.8 Å². The van der Waals surface area contributed by atoms with Crippen molar-refractivity contribution >= 4 is 22.9 Å². The SMILES string of the molecule is NNC(CCc1ccsc1)c1csnn1. The average molecular weight is 240 g/mol. The molecule has 0 aliphatic heterocycles. The molecule has 0 aromatic carbocycles. The van der Waals surface area contributed by atoms with Gasteiger partial charge in [-0.3, -0.25) is 11.3 Å². The Kier molecular flexibility index (Phi) is 3.79. The minimum atomic E-state index is 0.101. The molecule has 1 atom stereocenters. The van der Waals surface area contributed by atoms with Gasteiger partial charge >= 0.3 is 0 Å². The second-order valence-electron chi connectivity index (χ2n) is 3.22. The van der Waals surface area contributed by atoms with Crippen LogP contribution in [0.25, 0.3) is 0 Å². The van der Waals surface area contributed by atoms with Crippen LogP contribution in [-0.2, 0) is 6.42 Å². The standard InChI is InChI=1S/C9H12N4S2/c10-11-8(9-6-15-13-12-9)2-1-7-3-4-14-5-7/h3-6,8,11H,1-2,10H2. The monoisotopic (exact) mass is 240 g/mol. The van der Waals surface area contributed by atoms with Crippen molar-refractivity contribution in [3.63, 3.8) is 0 Å². The fraction of sp³-hybridized carbons (Fsp3) is 0.333. The van der Waals surface area contributed by atoms with Gasteiger partial charge in [0, 0.05) is 5.38 Å². The van der Waals surface area contributed by atoms with Gasteiger partial charge in [-0.1, -0.05) is 4.49 Å². The quantitative estimate of drug-likeness (QED) is 0.617. The molecule has 0 bridgehead atoms. The van der Waals surface area contributed by atoms with Crippen LogP contribution in [0.1, 0.15) is 23.7 Å². The third kappa shape index (κ3) is 2.82. The zero-order chi connectivity index (χ0) is 10.5. The molecule has 2 rings (SSSR count). The Hall–Kier alpha value is -0.820. The summed E-state index contributed by atoms with van der Waals surface area (Å²) in [5.41, 5.74) is 5.05. The normalized spacial score (nSPS) is 12.9. The molecule has 2 aromatic rings. The second-order valence-corrected chi connectivity index (χ2v) is 4.61. The maximum Gasteiger partial charge on any atom is 0.0938 e. The summed E-state index contributed by atoms with van der Waals surface area (Å²) < 4.78 is 3.83. The molecule has 80 valence electrons. The van der Waals surface area contributed by atoms with Gasteiger partial charge in [0.15, 0.2) is 0 Å². The first-order valence-electron chi connectivity index (χ1n) is 4.64. The van der Waals surface area contributed by atoms with Crippen LogP contribution in [0.3, 0.4) is 0 Å². The summed E-state index contributed by atoms with van der Waals surface area (Å²) >= 11 is 3.07. The summed E-state index contributed by atoms with van der Waals surface area (Å²) in [5.74, 6) is 5.49. The summed E-state index contributed by atoms with van der Waals surface area (Å²) in [6.07, 6.45) is 1.95. The van der Waals surface area contributed by atoms with Crippen molar-refractivity contribution < 1.29 is 0 Å². The molecule has 15 heavy (non-hydrogen) atoms. The van der Waals surface area contributed by atoms with Crippen molar-refractivity contribution in [2.75, 3.05) is 0 Å². The number of rotatable bonds is 5. The summed E-state index contributed by atoms with van der Waals surface area (Å²) in [6, 6.07) is 2.24. The number of aromatic nitrogens is 2. The van der Waals surface area contributed by atoms with Crippen LogP contribution in [0, 0.1) is 0 Å². The van der Waals surface area contributed by atoms with Gasteiger partial charge in [-0.15, -0.1) is 5.10 Å². The fourth-order valence-corrected chi connectivity index (χ4v) is 2.60. The van der Waals surface area contributed by atoms with E-state index in [1.54, 1.807) is 11.3 Å². The van der Waals surface area contributed by atoms with Crippen molar-refractivity contribution in [2.45, 2.75) is 18.9 Å². The molecule has 0 saturated carbocycles. The highest BCUT2D eigenvalue weighted by molar-refractivity contribution is 7.07. The number of aryl methyl sites for hydroxylation is 1. The lowest BCUT2D eigenvalue weighted by Crippen LogP contribution is -2.28. The largest absolute Gasteiger partial charge is 0.271 e. The Bertz CT molecular complexity index is 371. The van der Waals surface area contributed by atoms with Crippen LogP contribution in [0.5, 0.6) is 0 Å². The Morgan fingerprint density at radius 1 is 1.47 bits per heavy atom. The van der Waals surface area contributed by atoms with Gasteiger partial charge in [-0.2, -0.15) is 11.3 Å². The van der Waals surface area contributed by atoms with Crippen LogP contribution < -0.4 is 11.3 Å². The third-order valence-corrected chi connectivity index (χ3v) is 3.49. The minimum Gasteiger partial charge on any atom is -0.271 e. The maximum atomic E-state index is 5.49. The molecule has 0 fully saturated rings. The summed E-state index contributed by atoms with van der Waals surface area (Å²) in [7, 11) is 0. The third-order valence-electron chi connectivity index (χ3n) is 2.24. The van der Waals surface area contributed by atoms with E-state index in [0.29, 0.717) is 0 Å². The Balaban J connectivity index is 1.92. The van der Waals surface area contributed by atoms with Crippen molar-refractivity contribution in [3.8, 4) is 0 Å². The lowest BCUT2D eigenvalue weighted by molar-refractivity contribution is 0.504. The number of nitrogens with one attached hydrogen (secondary N) is 1. The van der Waals surface area contributed by atoms with E-state index < -0.39 is 0 Å². The van der Waals surface area contributed by atoms with Crippen LogP contribution in [-0.4, -0.2) is 9.59 Å². The highest BCUT2D eigenvalue weighted by atomic mass is 32.1. The number of hydrogen-bond acceptors (Lipinski definition) is 6. The predicted octanol–water partition coefficient (Wildman–Crippen LogP) is 1.74. The molecular weight excluding hydrogens is 228 g/mol. The van der Waals surface area contributed by atoms with Gasteiger partial charge < -0.3 is 0 Å². The van der Waals surface area contributed by atoms with E-state index >= 15 is 0 Å². The molecule has 0 saturated heterocycles. The molecule has 4 nitrogen and oxygen atoms in total. The Morgan fingerprint density at radius 3 is 3.00 bits per heavy atom. The lowest BCUT2D eigenvalue weighted by atomic mass is 10.1. The molecule has 0 aliphatic carbocycles. The lowest BCUT2D eigenvalue weighted by Gasteiger charge is -2.11. The van der Waals surface area contributed by atoms with Crippen molar-refractivity contribution in [3.05, 3.63) is 33.5 Å². The van der Waals surface area contributed by atoms with E-state index in [1.165, 1.54) is 17.1 Å². The Morgan fingerprint density at radius 2 is 2.40 bits per heavy atom. The second kappa shape index (κ2) is 5.32. The van der Waals surface area contributed by atoms with E-state index in [9.17, 15) is 0 Å². The maximum absolute atomic E-state index is 5.49. The molecule has 3 N–H and O–H groups in total. The Labute approximate surface area is 96.3 Å². The van der Waals surface area contributed by atoms with E-state index in [4.69, 9.17) is 5.84 Å². The van der Waals surface area contributed by atoms with E-state index in [0.717, 1.165) is 18.5 Å².